The average molecular weight is 225 g/mol. The van der Waals surface area contributed by atoms with Gasteiger partial charge in [-0.2, -0.15) is 0 Å². The topological polar surface area (TPSA) is 44.4 Å². The number of amides is 2. The third-order valence-corrected chi connectivity index (χ3v) is 3.87. The van der Waals surface area contributed by atoms with Crippen LogP contribution in [0.2, 0.25) is 0 Å². The molecule has 4 heteroatoms. The Hall–Kier alpha value is -0.770. The van der Waals surface area contributed by atoms with E-state index in [4.69, 9.17) is 0 Å². The number of piperidine rings is 1. The van der Waals surface area contributed by atoms with Crippen LogP contribution in [0.25, 0.3) is 0 Å². The zero-order valence-corrected chi connectivity index (χ0v) is 10.2. The van der Waals surface area contributed by atoms with Crippen LogP contribution in [-0.2, 0) is 0 Å². The molecule has 0 aromatic carbocycles. The first kappa shape index (κ1) is 11.7. The Labute approximate surface area is 97.8 Å². The molecular weight excluding hydrogens is 202 g/mol. The first-order valence-corrected chi connectivity index (χ1v) is 6.52. The second kappa shape index (κ2) is 5.53. The highest BCUT2D eigenvalue weighted by molar-refractivity contribution is 5.74. The van der Waals surface area contributed by atoms with E-state index in [1.807, 2.05) is 11.9 Å². The van der Waals surface area contributed by atoms with Gasteiger partial charge in [0.25, 0.3) is 0 Å². The zero-order valence-electron chi connectivity index (χ0n) is 10.2. The Balaban J connectivity index is 1.73. The van der Waals surface area contributed by atoms with E-state index in [1.165, 1.54) is 25.7 Å². The predicted octanol–water partition coefficient (Wildman–Crippen LogP) is 1.32. The fourth-order valence-corrected chi connectivity index (χ4v) is 2.71. The molecule has 0 aromatic rings. The molecule has 4 nitrogen and oxygen atoms in total. The summed E-state index contributed by atoms with van der Waals surface area (Å²) in [4.78, 5) is 13.9. The third-order valence-electron chi connectivity index (χ3n) is 3.87. The zero-order chi connectivity index (χ0) is 11.4. The number of nitrogens with zero attached hydrogens (tertiary/aromatic N) is 1. The number of carbonyl (C=O) groups is 1. The number of likely N-dealkylation sites (tertiary alicyclic amines) is 1. The van der Waals surface area contributed by atoms with E-state index in [2.05, 4.69) is 10.6 Å². The van der Waals surface area contributed by atoms with Crippen LogP contribution in [0.5, 0.6) is 0 Å². The van der Waals surface area contributed by atoms with E-state index in [0.717, 1.165) is 25.9 Å². The molecule has 0 bridgehead atoms. The first-order valence-electron chi connectivity index (χ1n) is 6.52. The van der Waals surface area contributed by atoms with Crippen molar-refractivity contribution in [1.82, 2.24) is 15.5 Å². The molecule has 2 aliphatic rings. The van der Waals surface area contributed by atoms with Crippen LogP contribution >= 0.6 is 0 Å². The number of hydrogen-bond acceptors (Lipinski definition) is 2. The van der Waals surface area contributed by atoms with Crippen molar-refractivity contribution in [2.45, 2.75) is 50.6 Å². The molecule has 1 saturated heterocycles. The van der Waals surface area contributed by atoms with Crippen LogP contribution in [0.4, 0.5) is 4.79 Å². The quantitative estimate of drug-likeness (QED) is 0.744. The largest absolute Gasteiger partial charge is 0.335 e. The summed E-state index contributed by atoms with van der Waals surface area (Å²) in [5.74, 6) is 0. The van der Waals surface area contributed by atoms with Gasteiger partial charge >= 0.3 is 6.03 Å². The fourth-order valence-electron chi connectivity index (χ4n) is 2.71. The molecule has 0 unspecified atom stereocenters. The maximum atomic E-state index is 11.9. The van der Waals surface area contributed by atoms with Gasteiger partial charge < -0.3 is 15.5 Å². The molecule has 2 rings (SSSR count). The number of hydrogen-bond donors (Lipinski definition) is 2. The van der Waals surface area contributed by atoms with Crippen molar-refractivity contribution in [2.75, 3.05) is 20.1 Å². The summed E-state index contributed by atoms with van der Waals surface area (Å²) in [5, 5.41) is 6.43. The van der Waals surface area contributed by atoms with Crippen LogP contribution in [-0.4, -0.2) is 43.2 Å². The summed E-state index contributed by atoms with van der Waals surface area (Å²) in [6.07, 6.45) is 7.03. The van der Waals surface area contributed by atoms with Gasteiger partial charge in [0, 0.05) is 25.2 Å². The molecule has 0 radical (unpaired) electrons. The lowest BCUT2D eigenvalue weighted by Gasteiger charge is -2.32. The molecule has 0 spiro atoms. The van der Waals surface area contributed by atoms with E-state index in [0.29, 0.717) is 12.1 Å². The van der Waals surface area contributed by atoms with Crippen LogP contribution in [0.15, 0.2) is 0 Å². The van der Waals surface area contributed by atoms with Crippen molar-refractivity contribution >= 4 is 6.03 Å². The molecule has 0 atom stereocenters. The van der Waals surface area contributed by atoms with Crippen LogP contribution in [0, 0.1) is 0 Å². The highest BCUT2D eigenvalue weighted by Gasteiger charge is 2.24. The SMILES string of the molecule is CNC1CCN(C(=O)NC2CCCC2)CC1. The molecule has 16 heavy (non-hydrogen) atoms. The van der Waals surface area contributed by atoms with Gasteiger partial charge in [-0.25, -0.2) is 4.79 Å². The molecule has 1 aliphatic carbocycles. The van der Waals surface area contributed by atoms with Gasteiger partial charge in [0.1, 0.15) is 0 Å². The van der Waals surface area contributed by atoms with Crippen LogP contribution < -0.4 is 10.6 Å². The van der Waals surface area contributed by atoms with Gasteiger partial charge in [-0.05, 0) is 32.7 Å². The van der Waals surface area contributed by atoms with Crippen molar-refractivity contribution in [1.29, 1.82) is 0 Å². The molecule has 92 valence electrons. The lowest BCUT2D eigenvalue weighted by molar-refractivity contribution is 0.174. The minimum atomic E-state index is 0.154. The van der Waals surface area contributed by atoms with E-state index in [-0.39, 0.29) is 6.03 Å². The van der Waals surface area contributed by atoms with Crippen molar-refractivity contribution in [3.63, 3.8) is 0 Å². The first-order chi connectivity index (χ1) is 7.79. The van der Waals surface area contributed by atoms with Crippen molar-refractivity contribution < 1.29 is 4.79 Å². The Morgan fingerprint density at radius 2 is 1.69 bits per heavy atom. The minimum absolute atomic E-state index is 0.154. The standard InChI is InChI=1S/C12H23N3O/c1-13-10-6-8-15(9-7-10)12(16)14-11-4-2-3-5-11/h10-11,13H,2-9H2,1H3,(H,14,16). The van der Waals surface area contributed by atoms with Gasteiger partial charge in [0.15, 0.2) is 0 Å². The van der Waals surface area contributed by atoms with E-state index in [1.54, 1.807) is 0 Å². The third kappa shape index (κ3) is 2.88. The van der Waals surface area contributed by atoms with Gasteiger partial charge in [-0.3, -0.25) is 0 Å². The van der Waals surface area contributed by atoms with E-state index < -0.39 is 0 Å². The predicted molar refractivity (Wildman–Crippen MR) is 64.4 cm³/mol. The Morgan fingerprint density at radius 3 is 2.25 bits per heavy atom. The normalized spacial score (nSPS) is 23.7. The summed E-state index contributed by atoms with van der Waals surface area (Å²) < 4.78 is 0. The van der Waals surface area contributed by atoms with Crippen LogP contribution in [0.3, 0.4) is 0 Å². The Kier molecular flexibility index (Phi) is 4.04. The van der Waals surface area contributed by atoms with Crippen molar-refractivity contribution in [2.24, 2.45) is 0 Å². The monoisotopic (exact) mass is 225 g/mol. The molecule has 1 heterocycles. The molecule has 2 amide bonds. The molecule has 2 fully saturated rings. The lowest BCUT2D eigenvalue weighted by Crippen LogP contribution is -2.49. The van der Waals surface area contributed by atoms with Gasteiger partial charge in [-0.1, -0.05) is 12.8 Å². The van der Waals surface area contributed by atoms with Crippen molar-refractivity contribution in [3.8, 4) is 0 Å². The Morgan fingerprint density at radius 1 is 1.06 bits per heavy atom. The summed E-state index contributed by atoms with van der Waals surface area (Å²) >= 11 is 0. The molecule has 1 saturated carbocycles. The van der Waals surface area contributed by atoms with Gasteiger partial charge in [0.05, 0.1) is 0 Å². The minimum Gasteiger partial charge on any atom is -0.335 e. The summed E-state index contributed by atoms with van der Waals surface area (Å²) in [7, 11) is 2.00. The molecule has 1 aliphatic heterocycles. The maximum Gasteiger partial charge on any atom is 0.317 e. The number of urea groups is 1. The molecular formula is C12H23N3O. The second-order valence-corrected chi connectivity index (χ2v) is 4.98. The molecule has 0 aromatic heterocycles. The molecule has 2 N–H and O–H groups in total. The number of rotatable bonds is 2. The van der Waals surface area contributed by atoms with Crippen LogP contribution in [0.1, 0.15) is 38.5 Å². The van der Waals surface area contributed by atoms with Gasteiger partial charge in [-0.15, -0.1) is 0 Å². The van der Waals surface area contributed by atoms with Crippen molar-refractivity contribution in [3.05, 3.63) is 0 Å². The average Bonchev–Trinajstić information content (AvgIpc) is 2.82. The summed E-state index contributed by atoms with van der Waals surface area (Å²) in [5.41, 5.74) is 0. The highest BCUT2D eigenvalue weighted by atomic mass is 16.2. The maximum absolute atomic E-state index is 11.9. The van der Waals surface area contributed by atoms with E-state index in [9.17, 15) is 4.79 Å². The van der Waals surface area contributed by atoms with E-state index >= 15 is 0 Å². The smallest absolute Gasteiger partial charge is 0.317 e. The lowest BCUT2D eigenvalue weighted by atomic mass is 10.1. The van der Waals surface area contributed by atoms with Gasteiger partial charge in [0.2, 0.25) is 0 Å². The fraction of sp³-hybridized carbons (Fsp3) is 0.917. The highest BCUT2D eigenvalue weighted by Crippen LogP contribution is 2.18. The summed E-state index contributed by atoms with van der Waals surface area (Å²) in [6.45, 7) is 1.79. The second-order valence-electron chi connectivity index (χ2n) is 4.98. The number of carbonyl (C=O) groups excluding carboxylic acids is 1. The summed E-state index contributed by atoms with van der Waals surface area (Å²) in [6, 6.07) is 1.19. The number of nitrogens with one attached hydrogen (secondary N) is 2. The Bertz CT molecular complexity index is 230.